The Hall–Kier alpha value is -0.930. The van der Waals surface area contributed by atoms with Gasteiger partial charge >= 0.3 is 0 Å². The quantitative estimate of drug-likeness (QED) is 0.745. The van der Waals surface area contributed by atoms with Crippen LogP contribution in [0.4, 0.5) is 0 Å². The maximum Gasteiger partial charge on any atom is 0.0312 e. The molecule has 0 N–H and O–H groups in total. The fourth-order valence-corrected chi connectivity index (χ4v) is 2.95. The lowest BCUT2D eigenvalue weighted by molar-refractivity contribution is 0.0993. The first-order valence-corrected chi connectivity index (χ1v) is 6.27. The highest BCUT2D eigenvalue weighted by Crippen LogP contribution is 2.22. The Kier molecular flexibility index (Phi) is 2.89. The molecule has 3 rings (SSSR count). The van der Waals surface area contributed by atoms with E-state index in [4.69, 9.17) is 0 Å². The Bertz CT molecular complexity index is 338. The van der Waals surface area contributed by atoms with Crippen molar-refractivity contribution in [3.63, 3.8) is 0 Å². The van der Waals surface area contributed by atoms with Gasteiger partial charge in [0.1, 0.15) is 0 Å². The molecule has 2 saturated heterocycles. The Morgan fingerprint density at radius 1 is 1.31 bits per heavy atom. The van der Waals surface area contributed by atoms with E-state index in [-0.39, 0.29) is 0 Å². The van der Waals surface area contributed by atoms with E-state index in [1.165, 1.54) is 44.6 Å². The molecule has 3 heterocycles. The van der Waals surface area contributed by atoms with E-state index in [2.05, 4.69) is 20.9 Å². The van der Waals surface area contributed by atoms with E-state index < -0.39 is 0 Å². The summed E-state index contributed by atoms with van der Waals surface area (Å²) < 4.78 is 0. The second-order valence-corrected chi connectivity index (χ2v) is 4.93. The van der Waals surface area contributed by atoms with E-state index in [1.807, 2.05) is 18.5 Å². The highest BCUT2D eigenvalue weighted by atomic mass is 15.3. The molecule has 0 bridgehead atoms. The highest BCUT2D eigenvalue weighted by Gasteiger charge is 2.30. The number of fused-ring (bicyclic) bond motifs is 1. The molecule has 86 valence electrons. The summed E-state index contributed by atoms with van der Waals surface area (Å²) in [4.78, 5) is 9.41. The Balaban J connectivity index is 1.60. The van der Waals surface area contributed by atoms with Gasteiger partial charge in [-0.15, -0.1) is 0 Å². The zero-order chi connectivity index (χ0) is 10.8. The molecule has 0 aromatic carbocycles. The number of piperazine rings is 1. The minimum Gasteiger partial charge on any atom is -0.298 e. The molecule has 0 radical (unpaired) electrons. The van der Waals surface area contributed by atoms with Crippen LogP contribution in [-0.2, 0) is 6.54 Å². The molecule has 16 heavy (non-hydrogen) atoms. The second-order valence-electron chi connectivity index (χ2n) is 4.93. The van der Waals surface area contributed by atoms with Crippen LogP contribution < -0.4 is 0 Å². The topological polar surface area (TPSA) is 19.4 Å². The fourth-order valence-electron chi connectivity index (χ4n) is 2.95. The summed E-state index contributed by atoms with van der Waals surface area (Å²) in [6.45, 7) is 6.11. The summed E-state index contributed by atoms with van der Waals surface area (Å²) in [5.74, 6) is 0. The van der Waals surface area contributed by atoms with Crippen LogP contribution in [0.25, 0.3) is 0 Å². The zero-order valence-electron chi connectivity index (χ0n) is 9.68. The van der Waals surface area contributed by atoms with E-state index in [0.29, 0.717) is 0 Å². The summed E-state index contributed by atoms with van der Waals surface area (Å²) in [7, 11) is 0. The number of nitrogens with zero attached hydrogens (tertiary/aromatic N) is 3. The first-order valence-electron chi connectivity index (χ1n) is 6.27. The third kappa shape index (κ3) is 2.11. The van der Waals surface area contributed by atoms with Crippen molar-refractivity contribution in [2.24, 2.45) is 0 Å². The van der Waals surface area contributed by atoms with Crippen molar-refractivity contribution < 1.29 is 0 Å². The molecule has 0 aliphatic carbocycles. The van der Waals surface area contributed by atoms with Crippen LogP contribution in [0.2, 0.25) is 0 Å². The largest absolute Gasteiger partial charge is 0.298 e. The van der Waals surface area contributed by atoms with Crippen molar-refractivity contribution >= 4 is 0 Å². The summed E-state index contributed by atoms with van der Waals surface area (Å²) in [5.41, 5.74) is 1.34. The molecule has 2 fully saturated rings. The Morgan fingerprint density at radius 3 is 3.19 bits per heavy atom. The molecule has 2 aliphatic heterocycles. The minimum atomic E-state index is 0.824. The normalized spacial score (nSPS) is 26.9. The van der Waals surface area contributed by atoms with Gasteiger partial charge in [0.25, 0.3) is 0 Å². The molecule has 1 aromatic heterocycles. The molecule has 0 unspecified atom stereocenters. The molecule has 3 heteroatoms. The van der Waals surface area contributed by atoms with Gasteiger partial charge in [-0.2, -0.15) is 0 Å². The lowest BCUT2D eigenvalue weighted by Gasteiger charge is -2.37. The van der Waals surface area contributed by atoms with Crippen molar-refractivity contribution in [3.05, 3.63) is 30.1 Å². The lowest BCUT2D eigenvalue weighted by Crippen LogP contribution is -2.49. The maximum atomic E-state index is 4.18. The van der Waals surface area contributed by atoms with Crippen LogP contribution in [0.1, 0.15) is 18.4 Å². The van der Waals surface area contributed by atoms with E-state index in [9.17, 15) is 0 Å². The van der Waals surface area contributed by atoms with Crippen molar-refractivity contribution in [1.82, 2.24) is 14.8 Å². The number of pyridine rings is 1. The summed E-state index contributed by atoms with van der Waals surface area (Å²) in [5, 5.41) is 0. The van der Waals surface area contributed by atoms with Crippen molar-refractivity contribution in [3.8, 4) is 0 Å². The van der Waals surface area contributed by atoms with E-state index >= 15 is 0 Å². The summed E-state index contributed by atoms with van der Waals surface area (Å²) >= 11 is 0. The van der Waals surface area contributed by atoms with Gasteiger partial charge in [0.05, 0.1) is 0 Å². The third-order valence-corrected chi connectivity index (χ3v) is 3.80. The predicted octanol–water partition coefficient (Wildman–Crippen LogP) is 1.36. The first-order chi connectivity index (χ1) is 7.92. The van der Waals surface area contributed by atoms with Crippen LogP contribution >= 0.6 is 0 Å². The Labute approximate surface area is 97.1 Å². The second kappa shape index (κ2) is 4.52. The number of rotatable bonds is 2. The van der Waals surface area contributed by atoms with Crippen LogP contribution in [0.15, 0.2) is 24.5 Å². The standard InChI is InChI=1S/C13H19N3/c1-3-12(9-14-5-1)10-15-7-8-16-6-2-4-13(16)11-15/h1,3,5,9,13H,2,4,6-8,10-11H2/t13-/m1/s1. The molecule has 0 spiro atoms. The maximum absolute atomic E-state index is 4.18. The van der Waals surface area contributed by atoms with Gasteiger partial charge < -0.3 is 0 Å². The molecule has 1 aromatic rings. The van der Waals surface area contributed by atoms with Gasteiger partial charge in [-0.25, -0.2) is 0 Å². The SMILES string of the molecule is c1cncc(CN2CCN3CCC[C@@H]3C2)c1. The van der Waals surface area contributed by atoms with Gasteiger partial charge in [0.15, 0.2) is 0 Å². The predicted molar refractivity (Wildman–Crippen MR) is 64.1 cm³/mol. The molecule has 1 atom stereocenters. The van der Waals surface area contributed by atoms with Crippen LogP contribution in [-0.4, -0.2) is 47.0 Å². The third-order valence-electron chi connectivity index (χ3n) is 3.80. The Morgan fingerprint density at radius 2 is 2.31 bits per heavy atom. The summed E-state index contributed by atoms with van der Waals surface area (Å²) in [6, 6.07) is 5.03. The average molecular weight is 217 g/mol. The first kappa shape index (κ1) is 10.2. The molecule has 3 nitrogen and oxygen atoms in total. The average Bonchev–Trinajstić information content (AvgIpc) is 2.77. The number of aromatic nitrogens is 1. The van der Waals surface area contributed by atoms with Crippen LogP contribution in [0, 0.1) is 0 Å². The molecular weight excluding hydrogens is 198 g/mol. The molecule has 0 amide bonds. The van der Waals surface area contributed by atoms with Crippen molar-refractivity contribution in [1.29, 1.82) is 0 Å². The van der Waals surface area contributed by atoms with Gasteiger partial charge in [-0.05, 0) is 31.0 Å². The smallest absolute Gasteiger partial charge is 0.0312 e. The molecule has 2 aliphatic rings. The fraction of sp³-hybridized carbons (Fsp3) is 0.615. The minimum absolute atomic E-state index is 0.824. The molecular formula is C13H19N3. The van der Waals surface area contributed by atoms with E-state index in [1.54, 1.807) is 0 Å². The lowest BCUT2D eigenvalue weighted by atomic mass is 10.1. The monoisotopic (exact) mass is 217 g/mol. The van der Waals surface area contributed by atoms with Gasteiger partial charge in [-0.3, -0.25) is 14.8 Å². The van der Waals surface area contributed by atoms with Gasteiger partial charge in [0.2, 0.25) is 0 Å². The van der Waals surface area contributed by atoms with Crippen LogP contribution in [0.3, 0.4) is 0 Å². The van der Waals surface area contributed by atoms with Gasteiger partial charge in [0, 0.05) is 44.6 Å². The van der Waals surface area contributed by atoms with Crippen molar-refractivity contribution in [2.75, 3.05) is 26.2 Å². The zero-order valence-corrected chi connectivity index (χ0v) is 9.68. The van der Waals surface area contributed by atoms with Crippen molar-refractivity contribution in [2.45, 2.75) is 25.4 Å². The molecule has 0 saturated carbocycles. The summed E-state index contributed by atoms with van der Waals surface area (Å²) in [6.07, 6.45) is 6.62. The van der Waals surface area contributed by atoms with Gasteiger partial charge in [-0.1, -0.05) is 6.07 Å². The van der Waals surface area contributed by atoms with E-state index in [0.717, 1.165) is 12.6 Å². The van der Waals surface area contributed by atoms with Crippen LogP contribution in [0.5, 0.6) is 0 Å². The highest BCUT2D eigenvalue weighted by molar-refractivity contribution is 5.08. The number of hydrogen-bond acceptors (Lipinski definition) is 3. The number of hydrogen-bond donors (Lipinski definition) is 0.